The summed E-state index contributed by atoms with van der Waals surface area (Å²) >= 11 is 0. The Bertz CT molecular complexity index is 315. The van der Waals surface area contributed by atoms with Crippen molar-refractivity contribution in [3.05, 3.63) is 18.0 Å². The molecule has 1 aromatic heterocycles. The number of hydrogen-bond acceptors (Lipinski definition) is 2. The first-order valence-corrected chi connectivity index (χ1v) is 6.20. The molecule has 3 nitrogen and oxygen atoms in total. The second-order valence-electron chi connectivity index (χ2n) is 4.41. The van der Waals surface area contributed by atoms with Gasteiger partial charge in [0.25, 0.3) is 0 Å². The van der Waals surface area contributed by atoms with Gasteiger partial charge in [0.2, 0.25) is 0 Å². The Balaban J connectivity index is 2.54. The summed E-state index contributed by atoms with van der Waals surface area (Å²) < 4.78 is 2.06. The van der Waals surface area contributed by atoms with Gasteiger partial charge in [-0.15, -0.1) is 0 Å². The van der Waals surface area contributed by atoms with Gasteiger partial charge < -0.3 is 4.79 Å². The highest BCUT2D eigenvalue weighted by molar-refractivity contribution is 5.52. The van der Waals surface area contributed by atoms with E-state index in [-0.39, 0.29) is 5.92 Å². The van der Waals surface area contributed by atoms with Crippen LogP contribution in [-0.4, -0.2) is 16.1 Å². The molecular formula is C13H22N2O. The van der Waals surface area contributed by atoms with Crippen LogP contribution < -0.4 is 0 Å². The molecule has 3 heteroatoms. The van der Waals surface area contributed by atoms with Crippen LogP contribution in [0.4, 0.5) is 0 Å². The molecule has 0 spiro atoms. The van der Waals surface area contributed by atoms with Crippen LogP contribution in [0.25, 0.3) is 0 Å². The van der Waals surface area contributed by atoms with E-state index in [0.717, 1.165) is 37.7 Å². The highest BCUT2D eigenvalue weighted by Crippen LogP contribution is 2.15. The fourth-order valence-corrected chi connectivity index (χ4v) is 1.82. The van der Waals surface area contributed by atoms with Crippen molar-refractivity contribution >= 4 is 6.29 Å². The first-order chi connectivity index (χ1) is 7.71. The van der Waals surface area contributed by atoms with Gasteiger partial charge in [0.1, 0.15) is 6.29 Å². The molecule has 0 radical (unpaired) electrons. The molecule has 0 aromatic carbocycles. The maximum atomic E-state index is 10.5. The lowest BCUT2D eigenvalue weighted by Crippen LogP contribution is -2.08. The van der Waals surface area contributed by atoms with Crippen molar-refractivity contribution in [3.8, 4) is 0 Å². The fraction of sp³-hybridized carbons (Fsp3) is 0.692. The van der Waals surface area contributed by atoms with Gasteiger partial charge in [-0.2, -0.15) is 5.10 Å². The molecule has 0 saturated carbocycles. The standard InChI is InChI=1S/C13H22N2O/c1-4-13(5-2)15-9-8-12(14-15)7-6-11(3)10-16/h8-11,13H,4-7H2,1-3H3. The van der Waals surface area contributed by atoms with Crippen LogP contribution in [0.15, 0.2) is 12.3 Å². The maximum absolute atomic E-state index is 10.5. The van der Waals surface area contributed by atoms with Crippen molar-refractivity contribution in [3.63, 3.8) is 0 Å². The molecule has 0 aliphatic heterocycles. The second kappa shape index (κ2) is 6.46. The summed E-state index contributed by atoms with van der Waals surface area (Å²) in [6.45, 7) is 6.32. The van der Waals surface area contributed by atoms with Gasteiger partial charge in [0.15, 0.2) is 0 Å². The molecular weight excluding hydrogens is 200 g/mol. The quantitative estimate of drug-likeness (QED) is 0.665. The van der Waals surface area contributed by atoms with E-state index in [9.17, 15) is 4.79 Å². The zero-order valence-corrected chi connectivity index (χ0v) is 10.5. The van der Waals surface area contributed by atoms with E-state index in [1.807, 2.05) is 6.92 Å². The van der Waals surface area contributed by atoms with Gasteiger partial charge in [0, 0.05) is 12.1 Å². The summed E-state index contributed by atoms with van der Waals surface area (Å²) in [4.78, 5) is 10.5. The van der Waals surface area contributed by atoms with Crippen molar-refractivity contribution in [2.75, 3.05) is 0 Å². The number of rotatable bonds is 7. The topological polar surface area (TPSA) is 34.9 Å². The normalized spacial score (nSPS) is 13.0. The zero-order chi connectivity index (χ0) is 12.0. The van der Waals surface area contributed by atoms with Gasteiger partial charge in [-0.3, -0.25) is 4.68 Å². The lowest BCUT2D eigenvalue weighted by molar-refractivity contribution is -0.110. The van der Waals surface area contributed by atoms with Gasteiger partial charge in [-0.05, 0) is 31.7 Å². The number of aromatic nitrogens is 2. The van der Waals surface area contributed by atoms with Crippen molar-refractivity contribution in [2.24, 2.45) is 5.92 Å². The zero-order valence-electron chi connectivity index (χ0n) is 10.5. The monoisotopic (exact) mass is 222 g/mol. The molecule has 0 amide bonds. The van der Waals surface area contributed by atoms with Crippen LogP contribution in [0.2, 0.25) is 0 Å². The van der Waals surface area contributed by atoms with Crippen LogP contribution >= 0.6 is 0 Å². The third kappa shape index (κ3) is 3.47. The summed E-state index contributed by atoms with van der Waals surface area (Å²) in [6.07, 6.45) is 7.08. The molecule has 0 bridgehead atoms. The molecule has 1 rings (SSSR count). The van der Waals surface area contributed by atoms with E-state index in [2.05, 4.69) is 35.9 Å². The Hall–Kier alpha value is -1.12. The first-order valence-electron chi connectivity index (χ1n) is 6.20. The number of nitrogens with zero attached hydrogens (tertiary/aromatic N) is 2. The summed E-state index contributed by atoms with van der Waals surface area (Å²) in [5.41, 5.74) is 1.10. The largest absolute Gasteiger partial charge is 0.303 e. The summed E-state index contributed by atoms with van der Waals surface area (Å²) in [5.74, 6) is 0.137. The third-order valence-corrected chi connectivity index (χ3v) is 3.07. The molecule has 16 heavy (non-hydrogen) atoms. The number of aryl methyl sites for hydroxylation is 1. The Labute approximate surface area is 97.8 Å². The van der Waals surface area contributed by atoms with Crippen LogP contribution in [0.1, 0.15) is 51.8 Å². The number of hydrogen-bond donors (Lipinski definition) is 0. The SMILES string of the molecule is CCC(CC)n1ccc(CCC(C)C=O)n1. The molecule has 1 atom stereocenters. The number of aldehydes is 1. The smallest absolute Gasteiger partial charge is 0.122 e. The Morgan fingerprint density at radius 3 is 2.69 bits per heavy atom. The van der Waals surface area contributed by atoms with Crippen molar-refractivity contribution in [1.29, 1.82) is 0 Å². The van der Waals surface area contributed by atoms with Crippen molar-refractivity contribution in [2.45, 2.75) is 52.5 Å². The van der Waals surface area contributed by atoms with Crippen LogP contribution in [-0.2, 0) is 11.2 Å². The van der Waals surface area contributed by atoms with Crippen molar-refractivity contribution in [1.82, 2.24) is 9.78 Å². The lowest BCUT2D eigenvalue weighted by atomic mass is 10.1. The fourth-order valence-electron chi connectivity index (χ4n) is 1.82. The van der Waals surface area contributed by atoms with Gasteiger partial charge >= 0.3 is 0 Å². The predicted molar refractivity (Wildman–Crippen MR) is 65.4 cm³/mol. The average molecular weight is 222 g/mol. The van der Waals surface area contributed by atoms with Crippen LogP contribution in [0, 0.1) is 5.92 Å². The third-order valence-electron chi connectivity index (χ3n) is 3.07. The van der Waals surface area contributed by atoms with Crippen LogP contribution in [0.3, 0.4) is 0 Å². The molecule has 0 fully saturated rings. The Morgan fingerprint density at radius 2 is 2.12 bits per heavy atom. The Morgan fingerprint density at radius 1 is 1.44 bits per heavy atom. The van der Waals surface area contributed by atoms with E-state index in [1.165, 1.54) is 0 Å². The lowest BCUT2D eigenvalue weighted by Gasteiger charge is -2.12. The molecule has 1 unspecified atom stereocenters. The van der Waals surface area contributed by atoms with E-state index < -0.39 is 0 Å². The van der Waals surface area contributed by atoms with Crippen LogP contribution in [0.5, 0.6) is 0 Å². The van der Waals surface area contributed by atoms with E-state index in [0.29, 0.717) is 6.04 Å². The summed E-state index contributed by atoms with van der Waals surface area (Å²) in [7, 11) is 0. The molecule has 0 saturated heterocycles. The summed E-state index contributed by atoms with van der Waals surface area (Å²) in [5, 5.41) is 4.56. The molecule has 1 aromatic rings. The highest BCUT2D eigenvalue weighted by atomic mass is 16.1. The number of carbonyl (C=O) groups excluding carboxylic acids is 1. The maximum Gasteiger partial charge on any atom is 0.122 e. The molecule has 0 N–H and O–H groups in total. The van der Waals surface area contributed by atoms with Gasteiger partial charge in [0.05, 0.1) is 11.7 Å². The van der Waals surface area contributed by atoms with Crippen molar-refractivity contribution < 1.29 is 4.79 Å². The average Bonchev–Trinajstić information content (AvgIpc) is 2.76. The minimum Gasteiger partial charge on any atom is -0.303 e. The highest BCUT2D eigenvalue weighted by Gasteiger charge is 2.08. The minimum atomic E-state index is 0.137. The second-order valence-corrected chi connectivity index (χ2v) is 4.41. The first kappa shape index (κ1) is 12.9. The predicted octanol–water partition coefficient (Wildman–Crippen LogP) is 3.01. The van der Waals surface area contributed by atoms with Gasteiger partial charge in [-0.1, -0.05) is 20.8 Å². The van der Waals surface area contributed by atoms with E-state index >= 15 is 0 Å². The summed E-state index contributed by atoms with van der Waals surface area (Å²) in [6, 6.07) is 2.58. The molecule has 0 aliphatic rings. The minimum absolute atomic E-state index is 0.137. The number of carbonyl (C=O) groups is 1. The molecule has 1 heterocycles. The molecule has 90 valence electrons. The molecule has 0 aliphatic carbocycles. The Kier molecular flexibility index (Phi) is 5.23. The van der Waals surface area contributed by atoms with E-state index in [1.54, 1.807) is 0 Å². The van der Waals surface area contributed by atoms with Gasteiger partial charge in [-0.25, -0.2) is 0 Å². The van der Waals surface area contributed by atoms with E-state index in [4.69, 9.17) is 0 Å².